The highest BCUT2D eigenvalue weighted by molar-refractivity contribution is 6.00. The number of hydrogen-bond donors (Lipinski definition) is 2. The molecular formula is C14H20N2O3. The van der Waals surface area contributed by atoms with E-state index in [2.05, 4.69) is 5.32 Å². The van der Waals surface area contributed by atoms with Gasteiger partial charge in [0.1, 0.15) is 0 Å². The summed E-state index contributed by atoms with van der Waals surface area (Å²) in [5, 5.41) is 3.01. The van der Waals surface area contributed by atoms with E-state index in [1.807, 2.05) is 0 Å². The van der Waals surface area contributed by atoms with E-state index in [0.717, 1.165) is 12.8 Å². The predicted molar refractivity (Wildman–Crippen MR) is 73.7 cm³/mol. The number of amides is 1. The quantitative estimate of drug-likeness (QED) is 0.815. The molecule has 104 valence electrons. The van der Waals surface area contributed by atoms with Gasteiger partial charge in [-0.05, 0) is 18.9 Å². The molecule has 3 N–H and O–H groups in total. The second-order valence-corrected chi connectivity index (χ2v) is 4.75. The molecule has 1 amide bonds. The van der Waals surface area contributed by atoms with Gasteiger partial charge in [-0.15, -0.1) is 0 Å². The van der Waals surface area contributed by atoms with E-state index in [4.69, 9.17) is 15.2 Å². The average molecular weight is 264 g/mol. The third kappa shape index (κ3) is 2.92. The Morgan fingerprint density at radius 1 is 1.21 bits per heavy atom. The number of nitrogens with two attached hydrogens (primary N) is 1. The second kappa shape index (κ2) is 5.82. The van der Waals surface area contributed by atoms with Gasteiger partial charge >= 0.3 is 0 Å². The molecule has 0 radical (unpaired) electrons. The normalized spacial score (nSPS) is 15.3. The number of nitrogen functional groups attached to an aromatic ring is 1. The van der Waals surface area contributed by atoms with Crippen molar-refractivity contribution in [1.82, 2.24) is 5.32 Å². The van der Waals surface area contributed by atoms with Crippen molar-refractivity contribution in [2.24, 2.45) is 0 Å². The van der Waals surface area contributed by atoms with Crippen LogP contribution < -0.4 is 20.5 Å². The number of benzene rings is 1. The van der Waals surface area contributed by atoms with Crippen LogP contribution in [0.5, 0.6) is 11.5 Å². The topological polar surface area (TPSA) is 73.6 Å². The first-order chi connectivity index (χ1) is 9.15. The minimum atomic E-state index is -0.148. The number of carbonyl (C=O) groups is 1. The maximum atomic E-state index is 12.2. The number of anilines is 1. The van der Waals surface area contributed by atoms with Crippen LogP contribution >= 0.6 is 0 Å². The molecule has 2 rings (SSSR count). The van der Waals surface area contributed by atoms with Crippen molar-refractivity contribution in [1.29, 1.82) is 0 Å². The molecule has 0 unspecified atom stereocenters. The van der Waals surface area contributed by atoms with Crippen LogP contribution in [-0.4, -0.2) is 26.2 Å². The third-order valence-electron chi connectivity index (χ3n) is 3.49. The fourth-order valence-electron chi connectivity index (χ4n) is 2.42. The summed E-state index contributed by atoms with van der Waals surface area (Å²) in [6.07, 6.45) is 4.43. The molecule has 1 fully saturated rings. The molecule has 0 bridgehead atoms. The van der Waals surface area contributed by atoms with Crippen LogP contribution in [-0.2, 0) is 0 Å². The van der Waals surface area contributed by atoms with Crippen LogP contribution in [0, 0.1) is 0 Å². The smallest absolute Gasteiger partial charge is 0.253 e. The second-order valence-electron chi connectivity index (χ2n) is 4.75. The molecule has 5 heteroatoms. The van der Waals surface area contributed by atoms with Crippen molar-refractivity contribution in [2.75, 3.05) is 20.0 Å². The van der Waals surface area contributed by atoms with Gasteiger partial charge in [0, 0.05) is 17.8 Å². The first kappa shape index (κ1) is 13.5. The summed E-state index contributed by atoms with van der Waals surface area (Å²) in [6, 6.07) is 3.50. The maximum absolute atomic E-state index is 12.2. The van der Waals surface area contributed by atoms with Crippen LogP contribution in [0.1, 0.15) is 36.0 Å². The minimum absolute atomic E-state index is 0.148. The molecule has 0 heterocycles. The number of methoxy groups -OCH3 is 2. The molecular weight excluding hydrogens is 244 g/mol. The molecule has 0 aliphatic heterocycles. The lowest BCUT2D eigenvalue weighted by atomic mass is 10.1. The Labute approximate surface area is 113 Å². The highest BCUT2D eigenvalue weighted by Crippen LogP contribution is 2.32. The van der Waals surface area contributed by atoms with Crippen molar-refractivity contribution < 1.29 is 14.3 Å². The minimum Gasteiger partial charge on any atom is -0.493 e. The van der Waals surface area contributed by atoms with Crippen LogP contribution in [0.2, 0.25) is 0 Å². The summed E-state index contributed by atoms with van der Waals surface area (Å²) >= 11 is 0. The largest absolute Gasteiger partial charge is 0.493 e. The van der Waals surface area contributed by atoms with E-state index in [1.54, 1.807) is 12.1 Å². The molecule has 0 aromatic heterocycles. The van der Waals surface area contributed by atoms with Gasteiger partial charge in [0.2, 0.25) is 0 Å². The Morgan fingerprint density at radius 2 is 1.79 bits per heavy atom. The lowest BCUT2D eigenvalue weighted by Crippen LogP contribution is -2.33. The number of ether oxygens (including phenoxy) is 2. The Hall–Kier alpha value is -1.91. The Bertz CT molecular complexity index is 468. The zero-order valence-electron chi connectivity index (χ0n) is 11.4. The molecule has 1 aliphatic rings. The first-order valence-corrected chi connectivity index (χ1v) is 6.48. The van der Waals surface area contributed by atoms with Gasteiger partial charge in [0.15, 0.2) is 11.5 Å². The van der Waals surface area contributed by atoms with Crippen molar-refractivity contribution >= 4 is 11.6 Å². The zero-order valence-corrected chi connectivity index (χ0v) is 11.4. The van der Waals surface area contributed by atoms with Gasteiger partial charge in [0.25, 0.3) is 5.91 Å². The molecule has 1 aliphatic carbocycles. The highest BCUT2D eigenvalue weighted by Gasteiger charge is 2.20. The summed E-state index contributed by atoms with van der Waals surface area (Å²) in [4.78, 5) is 12.2. The predicted octanol–water partition coefficient (Wildman–Crippen LogP) is 1.96. The van der Waals surface area contributed by atoms with Crippen molar-refractivity contribution in [3.63, 3.8) is 0 Å². The number of carbonyl (C=O) groups excluding carboxylic acids is 1. The number of rotatable bonds is 4. The Morgan fingerprint density at radius 3 is 2.37 bits per heavy atom. The molecule has 1 saturated carbocycles. The van der Waals surface area contributed by atoms with Crippen LogP contribution in [0.4, 0.5) is 5.69 Å². The molecule has 1 aromatic carbocycles. The summed E-state index contributed by atoms with van der Waals surface area (Å²) in [6.45, 7) is 0. The molecule has 0 spiro atoms. The van der Waals surface area contributed by atoms with Gasteiger partial charge in [-0.25, -0.2) is 0 Å². The standard InChI is InChI=1S/C14H20N2O3/c1-18-12-7-10(11(15)8-13(12)19-2)14(17)16-9-5-3-4-6-9/h7-9H,3-6,15H2,1-2H3,(H,16,17). The summed E-state index contributed by atoms with van der Waals surface area (Å²) in [7, 11) is 3.07. The fourth-order valence-corrected chi connectivity index (χ4v) is 2.42. The summed E-state index contributed by atoms with van der Waals surface area (Å²) < 4.78 is 10.3. The molecule has 1 aromatic rings. The van der Waals surface area contributed by atoms with Crippen LogP contribution in [0.3, 0.4) is 0 Å². The monoisotopic (exact) mass is 264 g/mol. The number of nitrogens with one attached hydrogen (secondary N) is 1. The fraction of sp³-hybridized carbons (Fsp3) is 0.500. The van der Waals surface area contributed by atoms with Gasteiger partial charge < -0.3 is 20.5 Å². The lowest BCUT2D eigenvalue weighted by Gasteiger charge is -2.15. The van der Waals surface area contributed by atoms with Gasteiger partial charge in [0.05, 0.1) is 19.8 Å². The Balaban J connectivity index is 2.20. The number of hydrogen-bond acceptors (Lipinski definition) is 4. The lowest BCUT2D eigenvalue weighted by molar-refractivity contribution is 0.0938. The van der Waals surface area contributed by atoms with Gasteiger partial charge in [-0.3, -0.25) is 4.79 Å². The van der Waals surface area contributed by atoms with Crippen LogP contribution in [0.25, 0.3) is 0 Å². The van der Waals surface area contributed by atoms with Gasteiger partial charge in [-0.1, -0.05) is 12.8 Å². The van der Waals surface area contributed by atoms with E-state index < -0.39 is 0 Å². The van der Waals surface area contributed by atoms with E-state index in [1.165, 1.54) is 27.1 Å². The van der Waals surface area contributed by atoms with E-state index in [0.29, 0.717) is 22.7 Å². The summed E-state index contributed by atoms with van der Waals surface area (Å²) in [5.74, 6) is 0.885. The first-order valence-electron chi connectivity index (χ1n) is 6.48. The highest BCUT2D eigenvalue weighted by atomic mass is 16.5. The zero-order chi connectivity index (χ0) is 13.8. The SMILES string of the molecule is COc1cc(N)c(C(=O)NC2CCCC2)cc1OC. The van der Waals surface area contributed by atoms with E-state index >= 15 is 0 Å². The van der Waals surface area contributed by atoms with Crippen LogP contribution in [0.15, 0.2) is 12.1 Å². The third-order valence-corrected chi connectivity index (χ3v) is 3.49. The average Bonchev–Trinajstić information content (AvgIpc) is 2.90. The van der Waals surface area contributed by atoms with Crippen molar-refractivity contribution in [3.8, 4) is 11.5 Å². The maximum Gasteiger partial charge on any atom is 0.253 e. The van der Waals surface area contributed by atoms with Crippen molar-refractivity contribution in [2.45, 2.75) is 31.7 Å². The van der Waals surface area contributed by atoms with E-state index in [9.17, 15) is 4.79 Å². The summed E-state index contributed by atoms with van der Waals surface area (Å²) in [5.41, 5.74) is 6.73. The molecule has 5 nitrogen and oxygen atoms in total. The molecule has 0 atom stereocenters. The Kier molecular flexibility index (Phi) is 4.14. The molecule has 19 heavy (non-hydrogen) atoms. The molecule has 0 saturated heterocycles. The van der Waals surface area contributed by atoms with Gasteiger partial charge in [-0.2, -0.15) is 0 Å². The van der Waals surface area contributed by atoms with Crippen molar-refractivity contribution in [3.05, 3.63) is 17.7 Å². The van der Waals surface area contributed by atoms with E-state index in [-0.39, 0.29) is 11.9 Å².